The molecule has 1 aliphatic rings. The lowest BCUT2D eigenvalue weighted by Crippen LogP contribution is -2.31. The minimum atomic E-state index is 0.0804. The lowest BCUT2D eigenvalue weighted by Gasteiger charge is -2.25. The molecule has 2 unspecified atom stereocenters. The molecule has 0 bridgehead atoms. The van der Waals surface area contributed by atoms with Gasteiger partial charge in [-0.1, -0.05) is 36.4 Å². The van der Waals surface area contributed by atoms with E-state index in [0.717, 1.165) is 5.75 Å². The number of nitrogens with one attached hydrogen (secondary N) is 1. The highest BCUT2D eigenvalue weighted by Crippen LogP contribution is 2.28. The summed E-state index contributed by atoms with van der Waals surface area (Å²) in [6.45, 7) is 2.13. The van der Waals surface area contributed by atoms with Gasteiger partial charge in [0.2, 0.25) is 0 Å². The molecular formula is C19H23NO. The van der Waals surface area contributed by atoms with Gasteiger partial charge in [-0.15, -0.1) is 0 Å². The average molecular weight is 281 g/mol. The number of aryl methyl sites for hydroxylation is 2. The first-order chi connectivity index (χ1) is 10.3. The summed E-state index contributed by atoms with van der Waals surface area (Å²) in [7, 11) is 1.99. The van der Waals surface area contributed by atoms with E-state index in [1.165, 1.54) is 36.0 Å². The highest BCUT2D eigenvalue weighted by atomic mass is 16.5. The summed E-state index contributed by atoms with van der Waals surface area (Å²) in [6, 6.07) is 17.2. The third-order valence-electron chi connectivity index (χ3n) is 4.33. The van der Waals surface area contributed by atoms with Crippen LogP contribution < -0.4 is 10.1 Å². The highest BCUT2D eigenvalue weighted by Gasteiger charge is 2.20. The van der Waals surface area contributed by atoms with E-state index in [4.69, 9.17) is 4.74 Å². The fraction of sp³-hybridized carbons (Fsp3) is 0.368. The molecule has 0 spiro atoms. The standard InChI is InChI=1S/C19H23NO/c1-14(19(20-2)16-7-4-3-5-8-16)21-18-12-11-15-9-6-10-17(15)13-18/h3-5,7-8,11-14,19-20H,6,9-10H2,1-2H3. The summed E-state index contributed by atoms with van der Waals surface area (Å²) < 4.78 is 6.18. The lowest BCUT2D eigenvalue weighted by molar-refractivity contribution is 0.175. The van der Waals surface area contributed by atoms with Crippen molar-refractivity contribution < 1.29 is 4.74 Å². The Hall–Kier alpha value is -1.80. The zero-order chi connectivity index (χ0) is 14.7. The zero-order valence-electron chi connectivity index (χ0n) is 12.8. The predicted octanol–water partition coefficient (Wildman–Crippen LogP) is 3.90. The van der Waals surface area contributed by atoms with Gasteiger partial charge < -0.3 is 10.1 Å². The van der Waals surface area contributed by atoms with Gasteiger partial charge in [0.05, 0.1) is 6.04 Å². The van der Waals surface area contributed by atoms with Crippen molar-refractivity contribution in [3.63, 3.8) is 0 Å². The number of hydrogen-bond donors (Lipinski definition) is 1. The van der Waals surface area contributed by atoms with E-state index in [-0.39, 0.29) is 12.1 Å². The normalized spacial score (nSPS) is 16.3. The molecule has 0 amide bonds. The number of benzene rings is 2. The molecule has 110 valence electrons. The molecule has 2 atom stereocenters. The maximum Gasteiger partial charge on any atom is 0.120 e. The molecule has 2 aromatic carbocycles. The molecule has 0 fully saturated rings. The molecule has 2 aromatic rings. The monoisotopic (exact) mass is 281 g/mol. The van der Waals surface area contributed by atoms with Crippen molar-refractivity contribution in [1.29, 1.82) is 0 Å². The van der Waals surface area contributed by atoms with Crippen LogP contribution in [0.2, 0.25) is 0 Å². The summed E-state index contributed by atoms with van der Waals surface area (Å²) in [4.78, 5) is 0. The van der Waals surface area contributed by atoms with Crippen LogP contribution in [0, 0.1) is 0 Å². The molecule has 2 nitrogen and oxygen atoms in total. The van der Waals surface area contributed by atoms with Gasteiger partial charge in [-0.3, -0.25) is 0 Å². The second kappa shape index (κ2) is 6.31. The quantitative estimate of drug-likeness (QED) is 0.897. The molecule has 0 aliphatic heterocycles. The molecule has 0 saturated heterocycles. The molecule has 0 aromatic heterocycles. The Kier molecular flexibility index (Phi) is 4.26. The van der Waals surface area contributed by atoms with Gasteiger partial charge in [0.1, 0.15) is 11.9 Å². The molecule has 21 heavy (non-hydrogen) atoms. The van der Waals surface area contributed by atoms with E-state index in [2.05, 4.69) is 54.7 Å². The molecule has 0 heterocycles. The maximum atomic E-state index is 6.18. The van der Waals surface area contributed by atoms with Gasteiger partial charge in [-0.2, -0.15) is 0 Å². The summed E-state index contributed by atoms with van der Waals surface area (Å²) >= 11 is 0. The average Bonchev–Trinajstić information content (AvgIpc) is 2.96. The van der Waals surface area contributed by atoms with E-state index >= 15 is 0 Å². The maximum absolute atomic E-state index is 6.18. The van der Waals surface area contributed by atoms with Crippen LogP contribution in [0.15, 0.2) is 48.5 Å². The highest BCUT2D eigenvalue weighted by molar-refractivity contribution is 5.38. The molecule has 0 radical (unpaired) electrons. The van der Waals surface area contributed by atoms with Crippen molar-refractivity contribution >= 4 is 0 Å². The number of likely N-dealkylation sites (N-methyl/N-ethyl adjacent to an activating group) is 1. The molecular weight excluding hydrogens is 258 g/mol. The van der Waals surface area contributed by atoms with Crippen molar-refractivity contribution in [2.75, 3.05) is 7.05 Å². The zero-order valence-corrected chi connectivity index (χ0v) is 12.8. The third-order valence-corrected chi connectivity index (χ3v) is 4.33. The molecule has 3 rings (SSSR count). The van der Waals surface area contributed by atoms with Crippen molar-refractivity contribution in [3.8, 4) is 5.75 Å². The smallest absolute Gasteiger partial charge is 0.120 e. The van der Waals surface area contributed by atoms with Gasteiger partial charge in [-0.05, 0) is 62.1 Å². The van der Waals surface area contributed by atoms with Crippen molar-refractivity contribution in [1.82, 2.24) is 5.32 Å². The number of hydrogen-bond acceptors (Lipinski definition) is 2. The Morgan fingerprint density at radius 3 is 2.52 bits per heavy atom. The van der Waals surface area contributed by atoms with Gasteiger partial charge >= 0.3 is 0 Å². The van der Waals surface area contributed by atoms with Gasteiger partial charge in [0, 0.05) is 0 Å². The van der Waals surface area contributed by atoms with Crippen molar-refractivity contribution in [2.24, 2.45) is 0 Å². The number of fused-ring (bicyclic) bond motifs is 1. The number of ether oxygens (including phenoxy) is 1. The Morgan fingerprint density at radius 1 is 1.00 bits per heavy atom. The minimum Gasteiger partial charge on any atom is -0.489 e. The fourth-order valence-electron chi connectivity index (χ4n) is 3.24. The summed E-state index contributed by atoms with van der Waals surface area (Å²) in [5.74, 6) is 0.985. The predicted molar refractivity (Wildman–Crippen MR) is 86.8 cm³/mol. The first-order valence-corrected chi connectivity index (χ1v) is 7.78. The second-order valence-electron chi connectivity index (χ2n) is 5.78. The van der Waals surface area contributed by atoms with Gasteiger partial charge in [0.15, 0.2) is 0 Å². The Bertz CT molecular complexity index is 594. The van der Waals surface area contributed by atoms with Crippen LogP contribution in [0.3, 0.4) is 0 Å². The third kappa shape index (κ3) is 3.11. The molecule has 1 aliphatic carbocycles. The molecule has 0 saturated carbocycles. The summed E-state index contributed by atoms with van der Waals surface area (Å²) in [5.41, 5.74) is 4.21. The van der Waals surface area contributed by atoms with E-state index < -0.39 is 0 Å². The van der Waals surface area contributed by atoms with Crippen LogP contribution >= 0.6 is 0 Å². The summed E-state index contributed by atoms with van der Waals surface area (Å²) in [5, 5.41) is 3.37. The van der Waals surface area contributed by atoms with Crippen LogP contribution in [-0.2, 0) is 12.8 Å². The van der Waals surface area contributed by atoms with E-state index in [1.54, 1.807) is 0 Å². The number of rotatable bonds is 5. The van der Waals surface area contributed by atoms with E-state index in [1.807, 2.05) is 13.1 Å². The first kappa shape index (κ1) is 14.2. The van der Waals surface area contributed by atoms with Crippen LogP contribution in [0.25, 0.3) is 0 Å². The van der Waals surface area contributed by atoms with Crippen LogP contribution in [0.1, 0.15) is 36.1 Å². The van der Waals surface area contributed by atoms with Crippen molar-refractivity contribution in [2.45, 2.75) is 38.3 Å². The molecule has 1 N–H and O–H groups in total. The van der Waals surface area contributed by atoms with Gasteiger partial charge in [0.25, 0.3) is 0 Å². The SMILES string of the molecule is CNC(c1ccccc1)C(C)Oc1ccc2c(c1)CCC2. The van der Waals surface area contributed by atoms with Crippen LogP contribution in [0.4, 0.5) is 0 Å². The Morgan fingerprint density at radius 2 is 1.76 bits per heavy atom. The Balaban J connectivity index is 1.74. The minimum absolute atomic E-state index is 0.0804. The van der Waals surface area contributed by atoms with Crippen molar-refractivity contribution in [3.05, 3.63) is 65.2 Å². The summed E-state index contributed by atoms with van der Waals surface area (Å²) in [6.07, 6.45) is 3.76. The first-order valence-electron chi connectivity index (χ1n) is 7.78. The van der Waals surface area contributed by atoms with E-state index in [9.17, 15) is 0 Å². The molecule has 2 heteroatoms. The van der Waals surface area contributed by atoms with Crippen LogP contribution in [0.5, 0.6) is 5.75 Å². The van der Waals surface area contributed by atoms with E-state index in [0.29, 0.717) is 0 Å². The topological polar surface area (TPSA) is 21.3 Å². The van der Waals surface area contributed by atoms with Gasteiger partial charge in [-0.25, -0.2) is 0 Å². The van der Waals surface area contributed by atoms with Crippen LogP contribution in [-0.4, -0.2) is 13.2 Å². The lowest BCUT2D eigenvalue weighted by atomic mass is 10.0. The second-order valence-corrected chi connectivity index (χ2v) is 5.78. The largest absolute Gasteiger partial charge is 0.489 e. The Labute approximate surface area is 127 Å². The fourth-order valence-corrected chi connectivity index (χ4v) is 3.24.